The molecule has 1 unspecified atom stereocenters. The number of aliphatic carboxylic acids is 1. The topological polar surface area (TPSA) is 113 Å². The SMILES string of the molecule is CCS(=O)(=O)NCc1ccc(C(=O)N2CCOC(CC(=O)O)C2)cc1. The second kappa shape index (κ2) is 8.41. The molecule has 25 heavy (non-hydrogen) atoms. The Kier molecular flexibility index (Phi) is 6.51. The third-order valence-electron chi connectivity index (χ3n) is 3.91. The summed E-state index contributed by atoms with van der Waals surface area (Å²) in [6.45, 7) is 2.68. The minimum absolute atomic E-state index is 0.0120. The molecule has 0 aliphatic carbocycles. The number of ether oxygens (including phenoxy) is 1. The number of rotatable bonds is 7. The van der Waals surface area contributed by atoms with E-state index in [-0.39, 0.29) is 31.2 Å². The summed E-state index contributed by atoms with van der Waals surface area (Å²) < 4.78 is 30.7. The van der Waals surface area contributed by atoms with Crippen molar-refractivity contribution < 1.29 is 27.9 Å². The number of morpholine rings is 1. The Hall–Kier alpha value is -1.97. The zero-order chi connectivity index (χ0) is 18.4. The Bertz CT molecular complexity index is 717. The summed E-state index contributed by atoms with van der Waals surface area (Å²) in [6, 6.07) is 6.67. The van der Waals surface area contributed by atoms with Crippen LogP contribution in [0.1, 0.15) is 29.3 Å². The van der Waals surface area contributed by atoms with Crippen LogP contribution in [-0.4, -0.2) is 61.9 Å². The lowest BCUT2D eigenvalue weighted by Crippen LogP contribution is -2.46. The minimum Gasteiger partial charge on any atom is -0.481 e. The second-order valence-corrected chi connectivity index (χ2v) is 7.86. The molecule has 0 spiro atoms. The lowest BCUT2D eigenvalue weighted by molar-refractivity contribution is -0.141. The molecule has 2 rings (SSSR count). The highest BCUT2D eigenvalue weighted by Gasteiger charge is 2.26. The highest BCUT2D eigenvalue weighted by atomic mass is 32.2. The number of hydrogen-bond donors (Lipinski definition) is 2. The van der Waals surface area contributed by atoms with Gasteiger partial charge in [-0.25, -0.2) is 13.1 Å². The number of carbonyl (C=O) groups excluding carboxylic acids is 1. The van der Waals surface area contributed by atoms with Gasteiger partial charge < -0.3 is 14.7 Å². The molecule has 0 aromatic heterocycles. The Morgan fingerprint density at radius 3 is 2.60 bits per heavy atom. The van der Waals surface area contributed by atoms with Crippen LogP contribution in [0.2, 0.25) is 0 Å². The van der Waals surface area contributed by atoms with Gasteiger partial charge in [-0.2, -0.15) is 0 Å². The van der Waals surface area contributed by atoms with Gasteiger partial charge in [0.25, 0.3) is 5.91 Å². The number of nitrogens with one attached hydrogen (secondary N) is 1. The van der Waals surface area contributed by atoms with Crippen LogP contribution in [-0.2, 0) is 26.1 Å². The number of sulfonamides is 1. The molecule has 0 bridgehead atoms. The summed E-state index contributed by atoms with van der Waals surface area (Å²) in [6.07, 6.45) is -0.641. The first kappa shape index (κ1) is 19.4. The average Bonchev–Trinajstić information content (AvgIpc) is 2.59. The van der Waals surface area contributed by atoms with Crippen LogP contribution in [0.25, 0.3) is 0 Å². The van der Waals surface area contributed by atoms with Crippen molar-refractivity contribution >= 4 is 21.9 Å². The first-order valence-electron chi connectivity index (χ1n) is 7.99. The lowest BCUT2D eigenvalue weighted by Gasteiger charge is -2.32. The molecule has 1 heterocycles. The summed E-state index contributed by atoms with van der Waals surface area (Å²) in [7, 11) is -3.26. The molecule has 1 aliphatic heterocycles. The smallest absolute Gasteiger partial charge is 0.306 e. The summed E-state index contributed by atoms with van der Waals surface area (Å²) in [4.78, 5) is 24.9. The molecule has 1 aromatic rings. The van der Waals surface area contributed by atoms with Crippen LogP contribution in [0.15, 0.2) is 24.3 Å². The van der Waals surface area contributed by atoms with E-state index in [2.05, 4.69) is 4.72 Å². The van der Waals surface area contributed by atoms with Crippen molar-refractivity contribution in [3.05, 3.63) is 35.4 Å². The van der Waals surface area contributed by atoms with Crippen molar-refractivity contribution in [1.82, 2.24) is 9.62 Å². The van der Waals surface area contributed by atoms with Gasteiger partial charge >= 0.3 is 5.97 Å². The van der Waals surface area contributed by atoms with E-state index in [0.717, 1.165) is 5.56 Å². The lowest BCUT2D eigenvalue weighted by atomic mass is 10.1. The van der Waals surface area contributed by atoms with Gasteiger partial charge in [0.05, 0.1) is 24.9 Å². The van der Waals surface area contributed by atoms with E-state index >= 15 is 0 Å². The number of hydrogen-bond acceptors (Lipinski definition) is 5. The maximum Gasteiger partial charge on any atom is 0.306 e. The van der Waals surface area contributed by atoms with E-state index < -0.39 is 22.1 Å². The molecule has 1 amide bonds. The highest BCUT2D eigenvalue weighted by molar-refractivity contribution is 7.89. The summed E-state index contributed by atoms with van der Waals surface area (Å²) in [5.41, 5.74) is 1.22. The monoisotopic (exact) mass is 370 g/mol. The minimum atomic E-state index is -3.26. The predicted molar refractivity (Wildman–Crippen MR) is 90.6 cm³/mol. The highest BCUT2D eigenvalue weighted by Crippen LogP contribution is 2.14. The summed E-state index contributed by atoms with van der Waals surface area (Å²) in [5.74, 6) is -1.14. The molecular weight excluding hydrogens is 348 g/mol. The van der Waals surface area contributed by atoms with Gasteiger partial charge in [-0.05, 0) is 24.6 Å². The van der Waals surface area contributed by atoms with Gasteiger partial charge in [0.2, 0.25) is 10.0 Å². The quantitative estimate of drug-likeness (QED) is 0.720. The normalized spacial score (nSPS) is 18.1. The summed E-state index contributed by atoms with van der Waals surface area (Å²) >= 11 is 0. The molecule has 1 fully saturated rings. The van der Waals surface area contributed by atoms with Gasteiger partial charge in [-0.1, -0.05) is 12.1 Å². The molecule has 0 radical (unpaired) electrons. The Balaban J connectivity index is 1.96. The van der Waals surface area contributed by atoms with Crippen molar-refractivity contribution in [1.29, 1.82) is 0 Å². The van der Waals surface area contributed by atoms with Gasteiger partial charge in [-0.15, -0.1) is 0 Å². The largest absolute Gasteiger partial charge is 0.481 e. The second-order valence-electron chi connectivity index (χ2n) is 5.76. The van der Waals surface area contributed by atoms with E-state index in [1.165, 1.54) is 0 Å². The fourth-order valence-electron chi connectivity index (χ4n) is 2.47. The number of carboxylic acid groups (broad SMARTS) is 1. The summed E-state index contributed by atoms with van der Waals surface area (Å²) in [5, 5.41) is 8.83. The molecule has 2 N–H and O–H groups in total. The Morgan fingerprint density at radius 1 is 1.32 bits per heavy atom. The van der Waals surface area contributed by atoms with E-state index in [1.807, 2.05) is 0 Å². The maximum atomic E-state index is 12.5. The fraction of sp³-hybridized carbons (Fsp3) is 0.500. The van der Waals surface area contributed by atoms with Crippen LogP contribution in [0.5, 0.6) is 0 Å². The van der Waals surface area contributed by atoms with Gasteiger partial charge in [0, 0.05) is 25.2 Å². The zero-order valence-electron chi connectivity index (χ0n) is 14.0. The van der Waals surface area contributed by atoms with Crippen molar-refractivity contribution in [2.24, 2.45) is 0 Å². The van der Waals surface area contributed by atoms with E-state index in [0.29, 0.717) is 18.7 Å². The Morgan fingerprint density at radius 2 is 2.00 bits per heavy atom. The maximum absolute atomic E-state index is 12.5. The van der Waals surface area contributed by atoms with Crippen LogP contribution in [0.4, 0.5) is 0 Å². The average molecular weight is 370 g/mol. The van der Waals surface area contributed by atoms with Crippen LogP contribution >= 0.6 is 0 Å². The van der Waals surface area contributed by atoms with Crippen molar-refractivity contribution in [3.63, 3.8) is 0 Å². The molecule has 1 aliphatic rings. The first-order valence-corrected chi connectivity index (χ1v) is 9.65. The van der Waals surface area contributed by atoms with Crippen molar-refractivity contribution in [3.8, 4) is 0 Å². The molecule has 1 saturated heterocycles. The third kappa shape index (κ3) is 5.80. The number of amides is 1. The van der Waals surface area contributed by atoms with Crippen LogP contribution < -0.4 is 4.72 Å². The molecule has 0 saturated carbocycles. The molecule has 138 valence electrons. The molecule has 1 atom stereocenters. The number of nitrogens with zero attached hydrogens (tertiary/aromatic N) is 1. The molecule has 9 heteroatoms. The van der Waals surface area contributed by atoms with E-state index in [4.69, 9.17) is 9.84 Å². The molecular formula is C16H22N2O6S. The predicted octanol–water partition coefficient (Wildman–Crippen LogP) is 0.442. The molecule has 8 nitrogen and oxygen atoms in total. The standard InChI is InChI=1S/C16H22N2O6S/c1-2-25(22,23)17-10-12-3-5-13(6-4-12)16(21)18-7-8-24-14(11-18)9-15(19)20/h3-6,14,17H,2,7-11H2,1H3,(H,19,20). The number of carbonyl (C=O) groups is 2. The van der Waals surface area contributed by atoms with Crippen LogP contribution in [0.3, 0.4) is 0 Å². The number of benzene rings is 1. The van der Waals surface area contributed by atoms with Gasteiger partial charge in [-0.3, -0.25) is 9.59 Å². The third-order valence-corrected chi connectivity index (χ3v) is 5.25. The Labute approximate surface area is 146 Å². The fourth-order valence-corrected chi connectivity index (χ4v) is 3.06. The van der Waals surface area contributed by atoms with Crippen LogP contribution in [0, 0.1) is 0 Å². The first-order chi connectivity index (χ1) is 11.8. The zero-order valence-corrected chi connectivity index (χ0v) is 14.8. The number of carboxylic acids is 1. The van der Waals surface area contributed by atoms with Crippen molar-refractivity contribution in [2.75, 3.05) is 25.4 Å². The van der Waals surface area contributed by atoms with Crippen molar-refractivity contribution in [2.45, 2.75) is 26.0 Å². The van der Waals surface area contributed by atoms with Gasteiger partial charge in [0.1, 0.15) is 0 Å². The van der Waals surface area contributed by atoms with E-state index in [1.54, 1.807) is 36.1 Å². The van der Waals surface area contributed by atoms with Gasteiger partial charge in [0.15, 0.2) is 0 Å². The van der Waals surface area contributed by atoms with E-state index in [9.17, 15) is 18.0 Å². The molecule has 1 aromatic carbocycles.